The van der Waals surface area contributed by atoms with Gasteiger partial charge in [0.05, 0.1) is 15.6 Å². The van der Waals surface area contributed by atoms with Gasteiger partial charge in [0, 0.05) is 22.3 Å². The predicted octanol–water partition coefficient (Wildman–Crippen LogP) is 5.17. The van der Waals surface area contributed by atoms with E-state index >= 15 is 0 Å². The molecule has 0 aliphatic rings. The first-order valence-electron chi connectivity index (χ1n) is 4.78. The van der Waals surface area contributed by atoms with E-state index in [4.69, 9.17) is 46.4 Å². The maximum absolute atomic E-state index is 10.8. The van der Waals surface area contributed by atoms with Gasteiger partial charge in [0.2, 0.25) is 0 Å². The molecule has 2 nitrogen and oxygen atoms in total. The zero-order chi connectivity index (χ0) is 13.3. The molecule has 92 valence electrons. The van der Waals surface area contributed by atoms with Crippen LogP contribution in [0, 0.1) is 0 Å². The van der Waals surface area contributed by atoms with E-state index < -0.39 is 0 Å². The van der Waals surface area contributed by atoms with Crippen molar-refractivity contribution in [3.05, 3.63) is 50.2 Å². The van der Waals surface area contributed by atoms with Crippen molar-refractivity contribution in [2.45, 2.75) is 0 Å². The molecule has 0 unspecified atom stereocenters. The van der Waals surface area contributed by atoms with Crippen molar-refractivity contribution in [3.8, 4) is 11.1 Å². The first kappa shape index (κ1) is 13.6. The van der Waals surface area contributed by atoms with Crippen LogP contribution in [0.5, 0.6) is 0 Å². The molecule has 6 heteroatoms. The molecule has 0 spiro atoms. The third-order valence-electron chi connectivity index (χ3n) is 2.29. The third-order valence-corrected chi connectivity index (χ3v) is 3.42. The number of carbonyl (C=O) groups is 1. The zero-order valence-corrected chi connectivity index (χ0v) is 11.8. The molecule has 2 aromatic rings. The Bertz CT molecular complexity index is 604. The number of rotatable bonds is 2. The summed E-state index contributed by atoms with van der Waals surface area (Å²) in [6, 6.07) is 4.71. The number of aromatic nitrogens is 1. The molecule has 0 bridgehead atoms. The van der Waals surface area contributed by atoms with Crippen LogP contribution in [-0.2, 0) is 0 Å². The smallest absolute Gasteiger partial charge is 0.153 e. The Morgan fingerprint density at radius 2 is 1.61 bits per heavy atom. The first-order chi connectivity index (χ1) is 8.52. The van der Waals surface area contributed by atoms with Crippen molar-refractivity contribution in [1.82, 2.24) is 4.98 Å². The molecule has 0 fully saturated rings. The van der Waals surface area contributed by atoms with Gasteiger partial charge in [-0.1, -0.05) is 46.4 Å². The summed E-state index contributed by atoms with van der Waals surface area (Å²) in [5.74, 6) is 0. The Morgan fingerprint density at radius 3 is 2.17 bits per heavy atom. The van der Waals surface area contributed by atoms with Gasteiger partial charge in [0.15, 0.2) is 6.29 Å². The fourth-order valence-electron chi connectivity index (χ4n) is 1.50. The van der Waals surface area contributed by atoms with Gasteiger partial charge in [-0.25, -0.2) is 4.98 Å². The summed E-state index contributed by atoms with van der Waals surface area (Å²) in [4.78, 5) is 14.7. The summed E-state index contributed by atoms with van der Waals surface area (Å²) in [6.45, 7) is 0. The van der Waals surface area contributed by atoms with E-state index in [1.54, 1.807) is 18.2 Å². The number of hydrogen-bond donors (Lipinski definition) is 0. The van der Waals surface area contributed by atoms with E-state index in [0.29, 0.717) is 32.5 Å². The third kappa shape index (κ3) is 2.62. The summed E-state index contributed by atoms with van der Waals surface area (Å²) >= 11 is 23.8. The molecule has 1 aromatic carbocycles. The van der Waals surface area contributed by atoms with Crippen molar-refractivity contribution in [2.24, 2.45) is 0 Å². The lowest BCUT2D eigenvalue weighted by Crippen LogP contribution is -1.90. The highest BCUT2D eigenvalue weighted by Crippen LogP contribution is 2.37. The topological polar surface area (TPSA) is 30.0 Å². The largest absolute Gasteiger partial charge is 0.298 e. The van der Waals surface area contributed by atoms with E-state index in [-0.39, 0.29) is 10.7 Å². The van der Waals surface area contributed by atoms with Crippen molar-refractivity contribution < 1.29 is 4.79 Å². The van der Waals surface area contributed by atoms with Crippen LogP contribution in [0.3, 0.4) is 0 Å². The summed E-state index contributed by atoms with van der Waals surface area (Å²) < 4.78 is 0. The lowest BCUT2D eigenvalue weighted by Gasteiger charge is -2.08. The SMILES string of the molecule is O=Cc1cc(-c2c(Cl)cc(Cl)cc2Cl)cnc1Cl. The van der Waals surface area contributed by atoms with Gasteiger partial charge in [-0.05, 0) is 18.2 Å². The highest BCUT2D eigenvalue weighted by Gasteiger charge is 2.12. The van der Waals surface area contributed by atoms with Crippen LogP contribution in [0.2, 0.25) is 20.2 Å². The molecule has 0 aliphatic carbocycles. The Labute approximate surface area is 123 Å². The quantitative estimate of drug-likeness (QED) is 0.564. The summed E-state index contributed by atoms with van der Waals surface area (Å²) in [5.41, 5.74) is 1.44. The van der Waals surface area contributed by atoms with E-state index in [0.717, 1.165) is 0 Å². The van der Waals surface area contributed by atoms with E-state index in [1.807, 2.05) is 0 Å². The Hall–Kier alpha value is -0.800. The van der Waals surface area contributed by atoms with Crippen LogP contribution in [0.15, 0.2) is 24.4 Å². The van der Waals surface area contributed by atoms with Crippen LogP contribution < -0.4 is 0 Å². The fraction of sp³-hybridized carbons (Fsp3) is 0. The van der Waals surface area contributed by atoms with E-state index in [1.165, 1.54) is 6.20 Å². The molecular formula is C12H5Cl4NO. The first-order valence-corrected chi connectivity index (χ1v) is 6.29. The van der Waals surface area contributed by atoms with Crippen molar-refractivity contribution >= 4 is 52.7 Å². The van der Waals surface area contributed by atoms with Gasteiger partial charge >= 0.3 is 0 Å². The molecule has 0 atom stereocenters. The molecule has 0 N–H and O–H groups in total. The van der Waals surface area contributed by atoms with E-state index in [2.05, 4.69) is 4.98 Å². The van der Waals surface area contributed by atoms with Gasteiger partial charge in [0.1, 0.15) is 5.15 Å². The van der Waals surface area contributed by atoms with Gasteiger partial charge in [-0.2, -0.15) is 0 Å². The number of carbonyl (C=O) groups excluding carboxylic acids is 1. The molecule has 0 aliphatic heterocycles. The van der Waals surface area contributed by atoms with Crippen LogP contribution in [0.1, 0.15) is 10.4 Å². The van der Waals surface area contributed by atoms with Crippen molar-refractivity contribution in [1.29, 1.82) is 0 Å². The number of hydrogen-bond acceptors (Lipinski definition) is 2. The van der Waals surface area contributed by atoms with Crippen LogP contribution in [0.4, 0.5) is 0 Å². The Morgan fingerprint density at radius 1 is 1.00 bits per heavy atom. The minimum absolute atomic E-state index is 0.134. The highest BCUT2D eigenvalue weighted by atomic mass is 35.5. The number of aldehydes is 1. The van der Waals surface area contributed by atoms with Gasteiger partial charge < -0.3 is 0 Å². The van der Waals surface area contributed by atoms with Crippen LogP contribution >= 0.6 is 46.4 Å². The molecule has 0 saturated heterocycles. The Kier molecular flexibility index (Phi) is 4.13. The molecule has 0 amide bonds. The average Bonchev–Trinajstić information content (AvgIpc) is 2.30. The van der Waals surface area contributed by atoms with Crippen LogP contribution in [-0.4, -0.2) is 11.3 Å². The van der Waals surface area contributed by atoms with Crippen molar-refractivity contribution in [2.75, 3.05) is 0 Å². The number of halogens is 4. The van der Waals surface area contributed by atoms with E-state index in [9.17, 15) is 4.79 Å². The fourth-order valence-corrected chi connectivity index (χ4v) is 2.69. The van der Waals surface area contributed by atoms with Gasteiger partial charge in [-0.3, -0.25) is 4.79 Å². The molecule has 1 aromatic heterocycles. The number of benzene rings is 1. The molecule has 0 saturated carbocycles. The summed E-state index contributed by atoms with van der Waals surface area (Å²) in [5, 5.41) is 1.34. The average molecular weight is 321 g/mol. The predicted molar refractivity (Wildman–Crippen MR) is 75.1 cm³/mol. The Balaban J connectivity index is 2.66. The lowest BCUT2D eigenvalue weighted by atomic mass is 10.1. The normalized spacial score (nSPS) is 10.4. The molecular weight excluding hydrogens is 316 g/mol. The molecule has 0 radical (unpaired) electrons. The monoisotopic (exact) mass is 319 g/mol. The van der Waals surface area contributed by atoms with Crippen LogP contribution in [0.25, 0.3) is 11.1 Å². The van der Waals surface area contributed by atoms with Gasteiger partial charge in [0.25, 0.3) is 0 Å². The maximum Gasteiger partial charge on any atom is 0.153 e. The number of nitrogens with zero attached hydrogens (tertiary/aromatic N) is 1. The number of pyridine rings is 1. The summed E-state index contributed by atoms with van der Waals surface area (Å²) in [6.07, 6.45) is 2.12. The second-order valence-corrected chi connectivity index (χ2v) is 5.08. The lowest BCUT2D eigenvalue weighted by molar-refractivity contribution is 0.112. The molecule has 2 rings (SSSR count). The molecule has 1 heterocycles. The maximum atomic E-state index is 10.8. The molecule has 18 heavy (non-hydrogen) atoms. The van der Waals surface area contributed by atoms with Gasteiger partial charge in [-0.15, -0.1) is 0 Å². The highest BCUT2D eigenvalue weighted by molar-refractivity contribution is 6.41. The van der Waals surface area contributed by atoms with Crippen molar-refractivity contribution in [3.63, 3.8) is 0 Å². The minimum Gasteiger partial charge on any atom is -0.298 e. The standard InChI is InChI=1S/C12H5Cl4NO/c13-8-2-9(14)11(10(15)3-8)6-1-7(5-18)12(16)17-4-6/h1-5H. The second-order valence-electron chi connectivity index (χ2n) is 3.47. The zero-order valence-electron chi connectivity index (χ0n) is 8.75. The summed E-state index contributed by atoms with van der Waals surface area (Å²) in [7, 11) is 0. The second kappa shape index (κ2) is 5.45. The minimum atomic E-state index is 0.134.